The lowest BCUT2D eigenvalue weighted by atomic mass is 9.99. The third-order valence-electron chi connectivity index (χ3n) is 3.51. The number of fused-ring (bicyclic) bond motifs is 3. The van der Waals surface area contributed by atoms with Gasteiger partial charge in [-0.2, -0.15) is 0 Å². The lowest BCUT2D eigenvalue weighted by Gasteiger charge is -2.11. The van der Waals surface area contributed by atoms with Crippen LogP contribution in [-0.4, -0.2) is 6.36 Å². The molecule has 0 saturated carbocycles. The monoisotopic (exact) mass is 290 g/mol. The van der Waals surface area contributed by atoms with Crippen molar-refractivity contribution in [2.45, 2.75) is 19.7 Å². The molecule has 0 aliphatic carbocycles. The summed E-state index contributed by atoms with van der Waals surface area (Å²) in [5.74, 6) is -0.195. The quantitative estimate of drug-likeness (QED) is 0.570. The van der Waals surface area contributed by atoms with E-state index < -0.39 is 6.36 Å². The first-order chi connectivity index (χ1) is 9.96. The summed E-state index contributed by atoms with van der Waals surface area (Å²) in [6.07, 6.45) is -3.72. The van der Waals surface area contributed by atoms with E-state index in [4.69, 9.17) is 0 Å². The zero-order valence-corrected chi connectivity index (χ0v) is 11.4. The Morgan fingerprint density at radius 3 is 2.10 bits per heavy atom. The van der Waals surface area contributed by atoms with Crippen LogP contribution >= 0.6 is 0 Å². The van der Waals surface area contributed by atoms with E-state index >= 15 is 0 Å². The van der Waals surface area contributed by atoms with E-state index in [-0.39, 0.29) is 5.75 Å². The molecule has 0 aliphatic rings. The molecule has 0 unspecified atom stereocenters. The molecular formula is C17H13F3O. The fourth-order valence-corrected chi connectivity index (χ4v) is 2.52. The van der Waals surface area contributed by atoms with Gasteiger partial charge in [0, 0.05) is 0 Å². The van der Waals surface area contributed by atoms with E-state index in [2.05, 4.69) is 17.7 Å². The number of hydrogen-bond acceptors (Lipinski definition) is 1. The molecule has 0 N–H and O–H groups in total. The minimum atomic E-state index is -4.67. The van der Waals surface area contributed by atoms with E-state index in [9.17, 15) is 13.2 Å². The smallest absolute Gasteiger partial charge is 0.406 e. The van der Waals surface area contributed by atoms with Gasteiger partial charge in [0.2, 0.25) is 0 Å². The van der Waals surface area contributed by atoms with Crippen molar-refractivity contribution >= 4 is 21.5 Å². The van der Waals surface area contributed by atoms with Crippen LogP contribution in [0.5, 0.6) is 5.75 Å². The van der Waals surface area contributed by atoms with Crippen LogP contribution in [0.1, 0.15) is 12.5 Å². The van der Waals surface area contributed by atoms with Gasteiger partial charge in [-0.15, -0.1) is 13.2 Å². The largest absolute Gasteiger partial charge is 0.573 e. The van der Waals surface area contributed by atoms with Crippen molar-refractivity contribution in [1.29, 1.82) is 0 Å². The minimum Gasteiger partial charge on any atom is -0.406 e. The molecule has 0 amide bonds. The van der Waals surface area contributed by atoms with Crippen molar-refractivity contribution < 1.29 is 17.9 Å². The number of rotatable bonds is 2. The third-order valence-corrected chi connectivity index (χ3v) is 3.51. The van der Waals surface area contributed by atoms with E-state index in [0.717, 1.165) is 28.0 Å². The van der Waals surface area contributed by atoms with E-state index in [1.165, 1.54) is 17.7 Å². The fraction of sp³-hybridized carbons (Fsp3) is 0.176. The molecular weight excluding hydrogens is 277 g/mol. The summed E-state index contributed by atoms with van der Waals surface area (Å²) in [4.78, 5) is 0. The molecule has 0 bridgehead atoms. The van der Waals surface area contributed by atoms with Crippen LogP contribution < -0.4 is 4.74 Å². The average molecular weight is 290 g/mol. The van der Waals surface area contributed by atoms with Crippen LogP contribution in [0.25, 0.3) is 21.5 Å². The molecule has 0 radical (unpaired) electrons. The molecule has 3 aromatic carbocycles. The Balaban J connectivity index is 2.14. The highest BCUT2D eigenvalue weighted by molar-refractivity contribution is 6.07. The minimum absolute atomic E-state index is 0.195. The van der Waals surface area contributed by atoms with Gasteiger partial charge in [0.1, 0.15) is 5.75 Å². The maximum atomic E-state index is 12.3. The van der Waals surface area contributed by atoms with Crippen LogP contribution in [0.3, 0.4) is 0 Å². The van der Waals surface area contributed by atoms with Gasteiger partial charge in [0.25, 0.3) is 0 Å². The Morgan fingerprint density at radius 1 is 0.857 bits per heavy atom. The van der Waals surface area contributed by atoms with Crippen LogP contribution in [0.15, 0.2) is 48.5 Å². The van der Waals surface area contributed by atoms with E-state index in [0.29, 0.717) is 0 Å². The number of ether oxygens (including phenoxy) is 1. The van der Waals surface area contributed by atoms with Gasteiger partial charge in [-0.05, 0) is 45.7 Å². The van der Waals surface area contributed by atoms with E-state index in [1.807, 2.05) is 24.3 Å². The predicted octanol–water partition coefficient (Wildman–Crippen LogP) is 5.45. The first-order valence-electron chi connectivity index (χ1n) is 6.67. The van der Waals surface area contributed by atoms with Gasteiger partial charge >= 0.3 is 6.36 Å². The van der Waals surface area contributed by atoms with Crippen LogP contribution in [-0.2, 0) is 6.42 Å². The summed E-state index contributed by atoms with van der Waals surface area (Å²) in [7, 11) is 0. The van der Waals surface area contributed by atoms with Crippen LogP contribution in [0.2, 0.25) is 0 Å². The van der Waals surface area contributed by atoms with Crippen molar-refractivity contribution in [2.24, 2.45) is 0 Å². The molecule has 0 saturated heterocycles. The molecule has 21 heavy (non-hydrogen) atoms. The molecule has 0 spiro atoms. The number of benzene rings is 3. The van der Waals surface area contributed by atoms with Crippen molar-refractivity contribution in [2.75, 3.05) is 0 Å². The van der Waals surface area contributed by atoms with Gasteiger partial charge in [-0.1, -0.05) is 43.3 Å². The lowest BCUT2D eigenvalue weighted by molar-refractivity contribution is -0.274. The first-order valence-corrected chi connectivity index (χ1v) is 6.67. The number of halogens is 3. The molecule has 0 heterocycles. The Hall–Kier alpha value is -2.23. The number of aryl methyl sites for hydroxylation is 1. The maximum Gasteiger partial charge on any atom is 0.573 e. The summed E-state index contributed by atoms with van der Waals surface area (Å²) in [5.41, 5.74) is 1.24. The predicted molar refractivity (Wildman–Crippen MR) is 77.5 cm³/mol. The molecule has 4 heteroatoms. The molecule has 3 rings (SSSR count). The molecule has 0 aliphatic heterocycles. The maximum absolute atomic E-state index is 12.3. The van der Waals surface area contributed by atoms with Crippen molar-refractivity contribution in [3.8, 4) is 5.75 Å². The SMILES string of the molecule is CCc1ccc2c(ccc3cc(OC(F)(F)F)ccc32)c1. The van der Waals surface area contributed by atoms with Gasteiger partial charge in [-0.3, -0.25) is 0 Å². The molecule has 1 nitrogen and oxygen atoms in total. The lowest BCUT2D eigenvalue weighted by Crippen LogP contribution is -2.16. The van der Waals surface area contributed by atoms with Gasteiger partial charge in [0.15, 0.2) is 0 Å². The molecule has 3 aromatic rings. The van der Waals surface area contributed by atoms with Crippen molar-refractivity contribution in [3.63, 3.8) is 0 Å². The second-order valence-corrected chi connectivity index (χ2v) is 4.91. The molecule has 0 atom stereocenters. The summed E-state index contributed by atoms with van der Waals surface area (Å²) < 4.78 is 40.7. The number of alkyl halides is 3. The van der Waals surface area contributed by atoms with Crippen LogP contribution in [0, 0.1) is 0 Å². The normalized spacial score (nSPS) is 12.0. The summed E-state index contributed by atoms with van der Waals surface area (Å²) >= 11 is 0. The third kappa shape index (κ3) is 2.79. The fourth-order valence-electron chi connectivity index (χ4n) is 2.52. The summed E-state index contributed by atoms with van der Waals surface area (Å²) in [5, 5.41) is 3.77. The highest BCUT2D eigenvalue weighted by Gasteiger charge is 2.31. The molecule has 108 valence electrons. The Kier molecular flexibility index (Phi) is 3.24. The Labute approximate surface area is 119 Å². The zero-order chi connectivity index (χ0) is 15.0. The average Bonchev–Trinajstić information content (AvgIpc) is 2.44. The molecule has 0 aromatic heterocycles. The topological polar surface area (TPSA) is 9.23 Å². The standard InChI is InChI=1S/C17H13F3O/c1-2-11-3-7-15-12(9-11)4-5-13-10-14(6-8-16(13)15)21-17(18,19)20/h3-10H,2H2,1H3. The second kappa shape index (κ2) is 4.95. The Morgan fingerprint density at radius 2 is 1.48 bits per heavy atom. The highest BCUT2D eigenvalue weighted by atomic mass is 19.4. The second-order valence-electron chi connectivity index (χ2n) is 4.91. The van der Waals surface area contributed by atoms with Crippen LogP contribution in [0.4, 0.5) is 13.2 Å². The number of hydrogen-bond donors (Lipinski definition) is 0. The first kappa shape index (κ1) is 13.7. The zero-order valence-electron chi connectivity index (χ0n) is 11.4. The highest BCUT2D eigenvalue weighted by Crippen LogP contribution is 2.31. The van der Waals surface area contributed by atoms with Crippen molar-refractivity contribution in [1.82, 2.24) is 0 Å². The summed E-state index contributed by atoms with van der Waals surface area (Å²) in [6, 6.07) is 14.3. The van der Waals surface area contributed by atoms with Gasteiger partial charge in [0.05, 0.1) is 0 Å². The molecule has 0 fully saturated rings. The van der Waals surface area contributed by atoms with Gasteiger partial charge in [-0.25, -0.2) is 0 Å². The van der Waals surface area contributed by atoms with Crippen molar-refractivity contribution in [3.05, 3.63) is 54.1 Å². The van der Waals surface area contributed by atoms with Gasteiger partial charge < -0.3 is 4.74 Å². The van der Waals surface area contributed by atoms with E-state index in [1.54, 1.807) is 6.07 Å². The summed E-state index contributed by atoms with van der Waals surface area (Å²) in [6.45, 7) is 2.09. The Bertz CT molecular complexity index is 806.